The molecule has 1 aromatic rings. The quantitative estimate of drug-likeness (QED) is 0.855. The summed E-state index contributed by atoms with van der Waals surface area (Å²) < 4.78 is 5.09. The van der Waals surface area contributed by atoms with Crippen LogP contribution in [0.3, 0.4) is 0 Å². The van der Waals surface area contributed by atoms with Crippen LogP contribution in [0.25, 0.3) is 0 Å². The van der Waals surface area contributed by atoms with E-state index in [0.29, 0.717) is 12.8 Å². The zero-order chi connectivity index (χ0) is 13.8. The minimum Gasteiger partial charge on any atom is -0.497 e. The molecule has 1 aliphatic rings. The lowest BCUT2D eigenvalue weighted by molar-refractivity contribution is -0.126. The van der Waals surface area contributed by atoms with E-state index in [1.54, 1.807) is 7.11 Å². The van der Waals surface area contributed by atoms with Crippen molar-refractivity contribution in [3.8, 4) is 5.75 Å². The van der Waals surface area contributed by atoms with Gasteiger partial charge >= 0.3 is 0 Å². The van der Waals surface area contributed by atoms with Crippen LogP contribution in [0.2, 0.25) is 0 Å². The maximum absolute atomic E-state index is 11.9. The number of carbonyl (C=O) groups excluding carboxylic acids is 2. The number of benzene rings is 1. The van der Waals surface area contributed by atoms with E-state index >= 15 is 0 Å². The number of hydrogen-bond donors (Lipinski definition) is 2. The molecule has 1 aliphatic heterocycles. The molecule has 2 amide bonds. The Hall–Kier alpha value is -2.04. The highest BCUT2D eigenvalue weighted by atomic mass is 16.5. The molecule has 1 fully saturated rings. The van der Waals surface area contributed by atoms with E-state index in [1.807, 2.05) is 31.2 Å². The molecule has 0 spiro atoms. The van der Waals surface area contributed by atoms with Gasteiger partial charge in [0.2, 0.25) is 11.8 Å². The van der Waals surface area contributed by atoms with Crippen molar-refractivity contribution in [1.82, 2.24) is 10.6 Å². The van der Waals surface area contributed by atoms with Crippen LogP contribution in [0.4, 0.5) is 0 Å². The first-order chi connectivity index (χ1) is 9.10. The van der Waals surface area contributed by atoms with Crippen molar-refractivity contribution < 1.29 is 14.3 Å². The lowest BCUT2D eigenvalue weighted by Gasteiger charge is -2.17. The second-order valence-electron chi connectivity index (χ2n) is 4.66. The van der Waals surface area contributed by atoms with E-state index < -0.39 is 6.04 Å². The van der Waals surface area contributed by atoms with Gasteiger partial charge in [0.05, 0.1) is 13.2 Å². The first-order valence-corrected chi connectivity index (χ1v) is 6.34. The Kier molecular flexibility index (Phi) is 4.04. The monoisotopic (exact) mass is 262 g/mol. The van der Waals surface area contributed by atoms with Gasteiger partial charge in [0, 0.05) is 6.42 Å². The first kappa shape index (κ1) is 13.4. The largest absolute Gasteiger partial charge is 0.497 e. The molecular weight excluding hydrogens is 244 g/mol. The van der Waals surface area contributed by atoms with Gasteiger partial charge in [0.1, 0.15) is 11.8 Å². The predicted molar refractivity (Wildman–Crippen MR) is 70.7 cm³/mol. The number of hydrogen-bond acceptors (Lipinski definition) is 3. The number of nitrogens with one attached hydrogen (secondary N) is 2. The van der Waals surface area contributed by atoms with Crippen LogP contribution in [0.5, 0.6) is 5.75 Å². The summed E-state index contributed by atoms with van der Waals surface area (Å²) in [6, 6.07) is 7.04. The fourth-order valence-corrected chi connectivity index (χ4v) is 2.10. The molecular formula is C14H18N2O3. The number of amides is 2. The first-order valence-electron chi connectivity index (χ1n) is 6.34. The fraction of sp³-hybridized carbons (Fsp3) is 0.429. The van der Waals surface area contributed by atoms with Gasteiger partial charge in [-0.3, -0.25) is 9.59 Å². The molecule has 5 nitrogen and oxygen atoms in total. The number of carbonyl (C=O) groups is 2. The summed E-state index contributed by atoms with van der Waals surface area (Å²) in [6.45, 7) is 1.91. The molecule has 0 radical (unpaired) electrons. The third kappa shape index (κ3) is 3.24. The highest BCUT2D eigenvalue weighted by Crippen LogP contribution is 2.18. The summed E-state index contributed by atoms with van der Waals surface area (Å²) >= 11 is 0. The summed E-state index contributed by atoms with van der Waals surface area (Å²) in [5.41, 5.74) is 0.999. The molecule has 2 atom stereocenters. The van der Waals surface area contributed by atoms with Gasteiger partial charge in [-0.25, -0.2) is 0 Å². The van der Waals surface area contributed by atoms with E-state index in [-0.39, 0.29) is 17.9 Å². The second-order valence-corrected chi connectivity index (χ2v) is 4.66. The number of rotatable bonds is 4. The molecule has 2 N–H and O–H groups in total. The van der Waals surface area contributed by atoms with Crippen LogP contribution >= 0.6 is 0 Å². The van der Waals surface area contributed by atoms with Crippen molar-refractivity contribution in [2.45, 2.75) is 31.8 Å². The van der Waals surface area contributed by atoms with Gasteiger partial charge in [-0.2, -0.15) is 0 Å². The molecule has 0 aliphatic carbocycles. The average Bonchev–Trinajstić information content (AvgIpc) is 2.85. The smallest absolute Gasteiger partial charge is 0.243 e. The SMILES string of the molecule is COc1ccc(C(C)NC(=O)C2CCC(=O)N2)cc1. The maximum Gasteiger partial charge on any atom is 0.243 e. The van der Waals surface area contributed by atoms with Gasteiger partial charge in [-0.15, -0.1) is 0 Å². The standard InChI is InChI=1S/C14H18N2O3/c1-9(10-3-5-11(19-2)6-4-10)15-14(18)12-7-8-13(17)16-12/h3-6,9,12H,7-8H2,1-2H3,(H,15,18)(H,16,17). The Labute approximate surface area is 112 Å². The summed E-state index contributed by atoms with van der Waals surface area (Å²) in [6.07, 6.45) is 0.995. The normalized spacial score (nSPS) is 19.7. The Balaban J connectivity index is 1.94. The van der Waals surface area contributed by atoms with E-state index in [9.17, 15) is 9.59 Å². The predicted octanol–water partition coefficient (Wildman–Crippen LogP) is 1.15. The van der Waals surface area contributed by atoms with Crippen LogP contribution in [-0.2, 0) is 9.59 Å². The molecule has 1 heterocycles. The third-order valence-electron chi connectivity index (χ3n) is 3.29. The number of ether oxygens (including phenoxy) is 1. The molecule has 0 bridgehead atoms. The van der Waals surface area contributed by atoms with Crippen molar-refractivity contribution in [2.24, 2.45) is 0 Å². The Morgan fingerprint density at radius 2 is 2.11 bits per heavy atom. The van der Waals surface area contributed by atoms with Gasteiger partial charge in [-0.1, -0.05) is 12.1 Å². The lowest BCUT2D eigenvalue weighted by Crippen LogP contribution is -2.42. The molecule has 5 heteroatoms. The molecule has 1 aromatic carbocycles. The minimum atomic E-state index is -0.395. The van der Waals surface area contributed by atoms with Crippen LogP contribution in [0.15, 0.2) is 24.3 Å². The zero-order valence-electron chi connectivity index (χ0n) is 11.1. The van der Waals surface area contributed by atoms with Crippen molar-refractivity contribution in [3.63, 3.8) is 0 Å². The highest BCUT2D eigenvalue weighted by molar-refractivity contribution is 5.90. The summed E-state index contributed by atoms with van der Waals surface area (Å²) in [5, 5.41) is 5.56. The maximum atomic E-state index is 11.9. The Morgan fingerprint density at radius 1 is 1.42 bits per heavy atom. The summed E-state index contributed by atoms with van der Waals surface area (Å²) in [5.74, 6) is 0.594. The highest BCUT2D eigenvalue weighted by Gasteiger charge is 2.27. The van der Waals surface area contributed by atoms with Crippen LogP contribution in [0.1, 0.15) is 31.4 Å². The van der Waals surface area contributed by atoms with E-state index in [2.05, 4.69) is 10.6 Å². The zero-order valence-corrected chi connectivity index (χ0v) is 11.1. The molecule has 1 saturated heterocycles. The lowest BCUT2D eigenvalue weighted by atomic mass is 10.1. The molecule has 19 heavy (non-hydrogen) atoms. The summed E-state index contributed by atoms with van der Waals surface area (Å²) in [7, 11) is 1.61. The molecule has 0 saturated carbocycles. The average molecular weight is 262 g/mol. The molecule has 102 valence electrons. The van der Waals surface area contributed by atoms with Crippen LogP contribution in [0, 0.1) is 0 Å². The van der Waals surface area contributed by atoms with E-state index in [0.717, 1.165) is 11.3 Å². The van der Waals surface area contributed by atoms with Crippen molar-refractivity contribution in [1.29, 1.82) is 0 Å². The third-order valence-corrected chi connectivity index (χ3v) is 3.29. The van der Waals surface area contributed by atoms with Crippen LogP contribution < -0.4 is 15.4 Å². The van der Waals surface area contributed by atoms with Crippen molar-refractivity contribution >= 4 is 11.8 Å². The Morgan fingerprint density at radius 3 is 2.63 bits per heavy atom. The Bertz CT molecular complexity index is 470. The van der Waals surface area contributed by atoms with Gasteiger partial charge in [0.15, 0.2) is 0 Å². The summed E-state index contributed by atoms with van der Waals surface area (Å²) in [4.78, 5) is 23.0. The minimum absolute atomic E-state index is 0.0581. The molecule has 2 unspecified atom stereocenters. The molecule has 0 aromatic heterocycles. The van der Waals surface area contributed by atoms with Gasteiger partial charge in [0.25, 0.3) is 0 Å². The van der Waals surface area contributed by atoms with Crippen molar-refractivity contribution in [3.05, 3.63) is 29.8 Å². The fourth-order valence-electron chi connectivity index (χ4n) is 2.10. The van der Waals surface area contributed by atoms with Crippen molar-refractivity contribution in [2.75, 3.05) is 7.11 Å². The van der Waals surface area contributed by atoms with Gasteiger partial charge in [-0.05, 0) is 31.0 Å². The second kappa shape index (κ2) is 5.73. The van der Waals surface area contributed by atoms with Gasteiger partial charge < -0.3 is 15.4 Å². The van der Waals surface area contributed by atoms with E-state index in [1.165, 1.54) is 0 Å². The molecule has 2 rings (SSSR count). The van der Waals surface area contributed by atoms with E-state index in [4.69, 9.17) is 4.74 Å². The topological polar surface area (TPSA) is 67.4 Å². The van der Waals surface area contributed by atoms with Crippen LogP contribution in [-0.4, -0.2) is 25.0 Å². The number of methoxy groups -OCH3 is 1.